The molecular weight excluding hydrogens is 186 g/mol. The lowest BCUT2D eigenvalue weighted by Gasteiger charge is -2.07. The van der Waals surface area contributed by atoms with Crippen molar-refractivity contribution >= 4 is 16.7 Å². The van der Waals surface area contributed by atoms with Gasteiger partial charge in [0.1, 0.15) is 5.76 Å². The topological polar surface area (TPSA) is 22.1 Å². The molecule has 1 aromatic heterocycles. The second-order valence-corrected chi connectivity index (χ2v) is 3.27. The van der Waals surface area contributed by atoms with E-state index in [0.717, 1.165) is 16.5 Å². The average molecular weight is 199 g/mol. The minimum atomic E-state index is 0.631. The molecule has 0 atom stereocenters. The molecule has 0 bridgehead atoms. The summed E-state index contributed by atoms with van der Waals surface area (Å²) < 4.78 is 5.34. The van der Waals surface area contributed by atoms with Crippen LogP contribution in [0.25, 0.3) is 16.7 Å². The number of rotatable bonds is 3. The van der Waals surface area contributed by atoms with Gasteiger partial charge in [0.15, 0.2) is 0 Å². The summed E-state index contributed by atoms with van der Waals surface area (Å²) >= 11 is 0. The molecule has 0 aliphatic heterocycles. The second-order valence-electron chi connectivity index (χ2n) is 3.27. The Morgan fingerprint density at radius 3 is 3.00 bits per heavy atom. The smallest absolute Gasteiger partial charge is 0.120 e. The minimum Gasteiger partial charge on any atom is -0.494 e. The number of pyridine rings is 1. The van der Waals surface area contributed by atoms with E-state index in [1.807, 2.05) is 37.3 Å². The SMILES string of the molecule is C=C(OCC)c1cnc2ccccc2c1. The van der Waals surface area contributed by atoms with E-state index in [9.17, 15) is 0 Å². The van der Waals surface area contributed by atoms with Crippen LogP contribution in [0.2, 0.25) is 0 Å². The maximum absolute atomic E-state index is 5.34. The van der Waals surface area contributed by atoms with E-state index in [1.54, 1.807) is 6.20 Å². The number of benzene rings is 1. The Kier molecular flexibility index (Phi) is 2.68. The van der Waals surface area contributed by atoms with E-state index in [1.165, 1.54) is 0 Å². The highest BCUT2D eigenvalue weighted by molar-refractivity contribution is 5.81. The largest absolute Gasteiger partial charge is 0.494 e. The van der Waals surface area contributed by atoms with E-state index in [4.69, 9.17) is 4.74 Å². The molecule has 0 saturated heterocycles. The molecule has 0 unspecified atom stereocenters. The molecule has 0 fully saturated rings. The van der Waals surface area contributed by atoms with Gasteiger partial charge in [-0.1, -0.05) is 24.8 Å². The van der Waals surface area contributed by atoms with Gasteiger partial charge in [-0.05, 0) is 19.1 Å². The highest BCUT2D eigenvalue weighted by Crippen LogP contribution is 2.18. The fraction of sp³-hybridized carbons (Fsp3) is 0.154. The molecule has 76 valence electrons. The van der Waals surface area contributed by atoms with E-state index in [2.05, 4.69) is 11.6 Å². The predicted octanol–water partition coefficient (Wildman–Crippen LogP) is 3.24. The Morgan fingerprint density at radius 2 is 2.20 bits per heavy atom. The van der Waals surface area contributed by atoms with Gasteiger partial charge >= 0.3 is 0 Å². The summed E-state index contributed by atoms with van der Waals surface area (Å²) in [6.45, 7) is 6.43. The predicted molar refractivity (Wildman–Crippen MR) is 62.4 cm³/mol. The number of fused-ring (bicyclic) bond motifs is 1. The van der Waals surface area contributed by atoms with Gasteiger partial charge in [-0.3, -0.25) is 4.98 Å². The number of para-hydroxylation sites is 1. The number of hydrogen-bond acceptors (Lipinski definition) is 2. The molecule has 0 aliphatic carbocycles. The maximum Gasteiger partial charge on any atom is 0.120 e. The Balaban J connectivity index is 2.42. The van der Waals surface area contributed by atoms with E-state index in [0.29, 0.717) is 12.4 Å². The van der Waals surface area contributed by atoms with Crippen LogP contribution in [0.3, 0.4) is 0 Å². The van der Waals surface area contributed by atoms with Gasteiger partial charge in [-0.15, -0.1) is 0 Å². The first-order valence-corrected chi connectivity index (χ1v) is 4.98. The van der Waals surface area contributed by atoms with Crippen LogP contribution in [0.5, 0.6) is 0 Å². The molecule has 2 nitrogen and oxygen atoms in total. The summed E-state index contributed by atoms with van der Waals surface area (Å²) in [6, 6.07) is 10.0. The van der Waals surface area contributed by atoms with Crippen LogP contribution in [-0.2, 0) is 4.74 Å². The summed E-state index contributed by atoms with van der Waals surface area (Å²) in [4.78, 5) is 4.34. The van der Waals surface area contributed by atoms with Crippen LogP contribution >= 0.6 is 0 Å². The van der Waals surface area contributed by atoms with Crippen molar-refractivity contribution < 1.29 is 4.74 Å². The molecule has 0 radical (unpaired) electrons. The third kappa shape index (κ3) is 1.99. The Hall–Kier alpha value is -1.83. The van der Waals surface area contributed by atoms with Crippen LogP contribution in [-0.4, -0.2) is 11.6 Å². The summed E-state index contributed by atoms with van der Waals surface area (Å²) in [5.74, 6) is 0.677. The van der Waals surface area contributed by atoms with E-state index < -0.39 is 0 Å². The molecule has 1 heterocycles. The lowest BCUT2D eigenvalue weighted by Crippen LogP contribution is -1.91. The average Bonchev–Trinajstić information content (AvgIpc) is 2.29. The lowest BCUT2D eigenvalue weighted by atomic mass is 10.1. The van der Waals surface area contributed by atoms with Gasteiger partial charge in [0.2, 0.25) is 0 Å². The van der Waals surface area contributed by atoms with Gasteiger partial charge in [0.25, 0.3) is 0 Å². The highest BCUT2D eigenvalue weighted by atomic mass is 16.5. The van der Waals surface area contributed by atoms with Crippen molar-refractivity contribution in [1.82, 2.24) is 4.98 Å². The van der Waals surface area contributed by atoms with Crippen LogP contribution in [0.1, 0.15) is 12.5 Å². The zero-order valence-electron chi connectivity index (χ0n) is 8.73. The van der Waals surface area contributed by atoms with Gasteiger partial charge in [0.05, 0.1) is 12.1 Å². The molecule has 15 heavy (non-hydrogen) atoms. The molecule has 0 saturated carbocycles. The van der Waals surface area contributed by atoms with Gasteiger partial charge in [-0.25, -0.2) is 0 Å². The van der Waals surface area contributed by atoms with Crippen molar-refractivity contribution in [3.8, 4) is 0 Å². The van der Waals surface area contributed by atoms with Crippen molar-refractivity contribution in [2.45, 2.75) is 6.92 Å². The minimum absolute atomic E-state index is 0.631. The highest BCUT2D eigenvalue weighted by Gasteiger charge is 2.01. The summed E-state index contributed by atoms with van der Waals surface area (Å²) in [6.07, 6.45) is 1.79. The first-order chi connectivity index (χ1) is 7.31. The third-order valence-electron chi connectivity index (χ3n) is 2.23. The van der Waals surface area contributed by atoms with Crippen LogP contribution < -0.4 is 0 Å². The van der Waals surface area contributed by atoms with Crippen LogP contribution in [0, 0.1) is 0 Å². The van der Waals surface area contributed by atoms with E-state index >= 15 is 0 Å². The number of hydrogen-bond donors (Lipinski definition) is 0. The maximum atomic E-state index is 5.34. The molecular formula is C13H13NO. The van der Waals surface area contributed by atoms with Gasteiger partial charge in [-0.2, -0.15) is 0 Å². The van der Waals surface area contributed by atoms with Crippen LogP contribution in [0.15, 0.2) is 43.1 Å². The molecule has 1 aromatic carbocycles. The molecule has 0 spiro atoms. The van der Waals surface area contributed by atoms with Gasteiger partial charge < -0.3 is 4.74 Å². The molecule has 2 heteroatoms. The second kappa shape index (κ2) is 4.13. The first-order valence-electron chi connectivity index (χ1n) is 4.98. The van der Waals surface area contributed by atoms with Crippen molar-refractivity contribution in [3.05, 3.63) is 48.7 Å². The quantitative estimate of drug-likeness (QED) is 0.708. The van der Waals surface area contributed by atoms with Crippen molar-refractivity contribution in [1.29, 1.82) is 0 Å². The standard InChI is InChI=1S/C13H13NO/c1-3-15-10(2)12-8-11-6-4-5-7-13(11)14-9-12/h4-9H,2-3H2,1H3. The molecule has 0 N–H and O–H groups in total. The number of nitrogens with zero attached hydrogens (tertiary/aromatic N) is 1. The Morgan fingerprint density at radius 1 is 1.40 bits per heavy atom. The molecule has 0 aliphatic rings. The third-order valence-corrected chi connectivity index (χ3v) is 2.23. The zero-order chi connectivity index (χ0) is 10.7. The Bertz CT molecular complexity index is 491. The van der Waals surface area contributed by atoms with Crippen LogP contribution in [0.4, 0.5) is 0 Å². The van der Waals surface area contributed by atoms with Crippen molar-refractivity contribution in [2.75, 3.05) is 6.61 Å². The summed E-state index contributed by atoms with van der Waals surface area (Å²) in [7, 11) is 0. The summed E-state index contributed by atoms with van der Waals surface area (Å²) in [5, 5.41) is 1.11. The monoisotopic (exact) mass is 199 g/mol. The summed E-state index contributed by atoms with van der Waals surface area (Å²) in [5.41, 5.74) is 1.93. The molecule has 0 amide bonds. The molecule has 2 rings (SSSR count). The zero-order valence-corrected chi connectivity index (χ0v) is 8.73. The number of ether oxygens (including phenoxy) is 1. The molecule has 2 aromatic rings. The number of aromatic nitrogens is 1. The van der Waals surface area contributed by atoms with E-state index in [-0.39, 0.29) is 0 Å². The normalized spacial score (nSPS) is 10.2. The Labute approximate surface area is 89.2 Å². The van der Waals surface area contributed by atoms with Gasteiger partial charge in [0, 0.05) is 17.1 Å². The first kappa shape index (κ1) is 9.71. The van der Waals surface area contributed by atoms with Crippen molar-refractivity contribution in [3.63, 3.8) is 0 Å². The fourth-order valence-corrected chi connectivity index (χ4v) is 1.48. The van der Waals surface area contributed by atoms with Crippen molar-refractivity contribution in [2.24, 2.45) is 0 Å². The fourth-order valence-electron chi connectivity index (χ4n) is 1.48. The lowest BCUT2D eigenvalue weighted by molar-refractivity contribution is 0.299.